The molecule has 0 saturated heterocycles. The molecule has 4 nitrogen and oxygen atoms in total. The average molecular weight is 305 g/mol. The zero-order valence-electron chi connectivity index (χ0n) is 12.5. The summed E-state index contributed by atoms with van der Waals surface area (Å²) in [5.41, 5.74) is 7.11. The highest BCUT2D eigenvalue weighted by atomic mass is 32.1. The molecule has 3 N–H and O–H groups in total. The number of hydrogen-bond donors (Lipinski definition) is 2. The smallest absolute Gasteiger partial charge is 0.225 e. The van der Waals surface area contributed by atoms with Gasteiger partial charge in [0.25, 0.3) is 0 Å². The van der Waals surface area contributed by atoms with Gasteiger partial charge in [-0.3, -0.25) is 4.79 Å². The minimum Gasteiger partial charge on any atom is -0.389 e. The highest BCUT2D eigenvalue weighted by Crippen LogP contribution is 2.22. The summed E-state index contributed by atoms with van der Waals surface area (Å²) in [6.45, 7) is 0.797. The van der Waals surface area contributed by atoms with Crippen LogP contribution in [0.5, 0.6) is 0 Å². The van der Waals surface area contributed by atoms with Gasteiger partial charge in [-0.25, -0.2) is 0 Å². The van der Waals surface area contributed by atoms with Gasteiger partial charge in [0.2, 0.25) is 5.91 Å². The Morgan fingerprint density at radius 1 is 1.43 bits per heavy atom. The highest BCUT2D eigenvalue weighted by Gasteiger charge is 2.19. The highest BCUT2D eigenvalue weighted by molar-refractivity contribution is 7.80. The van der Waals surface area contributed by atoms with Crippen molar-refractivity contribution in [2.24, 2.45) is 5.73 Å². The van der Waals surface area contributed by atoms with E-state index in [-0.39, 0.29) is 5.91 Å². The fourth-order valence-electron chi connectivity index (χ4n) is 2.78. The minimum atomic E-state index is 0.0277. The van der Waals surface area contributed by atoms with Crippen LogP contribution in [-0.2, 0) is 4.79 Å². The Balaban J connectivity index is 1.81. The summed E-state index contributed by atoms with van der Waals surface area (Å²) in [4.78, 5) is 14.7. The molecule has 0 aromatic heterocycles. The first-order valence-electron chi connectivity index (χ1n) is 7.46. The maximum absolute atomic E-state index is 12.0. The molecule has 114 valence electrons. The lowest BCUT2D eigenvalue weighted by Gasteiger charge is -2.23. The normalized spacial score (nSPS) is 15.3. The molecular weight excluding hydrogens is 282 g/mol. The number of anilines is 1. The SMILES string of the molecule is CN(CCC(=O)Nc1cccc(C(N)=S)c1)C1CCCC1. The second kappa shape index (κ2) is 7.52. The third-order valence-electron chi connectivity index (χ3n) is 4.07. The number of nitrogens with two attached hydrogens (primary N) is 1. The fourth-order valence-corrected chi connectivity index (χ4v) is 2.91. The third-order valence-corrected chi connectivity index (χ3v) is 4.31. The van der Waals surface area contributed by atoms with E-state index in [2.05, 4.69) is 17.3 Å². The zero-order chi connectivity index (χ0) is 15.2. The first-order valence-corrected chi connectivity index (χ1v) is 7.87. The first kappa shape index (κ1) is 15.9. The van der Waals surface area contributed by atoms with E-state index >= 15 is 0 Å². The molecule has 1 aliphatic rings. The maximum atomic E-state index is 12.0. The van der Waals surface area contributed by atoms with Crippen LogP contribution in [-0.4, -0.2) is 35.4 Å². The van der Waals surface area contributed by atoms with Gasteiger partial charge in [0.1, 0.15) is 4.99 Å². The van der Waals surface area contributed by atoms with E-state index in [0.29, 0.717) is 17.5 Å². The molecule has 1 aliphatic carbocycles. The molecule has 0 atom stereocenters. The van der Waals surface area contributed by atoms with Crippen molar-refractivity contribution in [1.82, 2.24) is 4.90 Å². The second-order valence-electron chi connectivity index (χ2n) is 5.66. The van der Waals surface area contributed by atoms with Crippen LogP contribution < -0.4 is 11.1 Å². The quantitative estimate of drug-likeness (QED) is 0.793. The van der Waals surface area contributed by atoms with Crippen molar-refractivity contribution < 1.29 is 4.79 Å². The molecule has 0 radical (unpaired) electrons. The molecule has 0 spiro atoms. The number of carbonyl (C=O) groups is 1. The van der Waals surface area contributed by atoms with Gasteiger partial charge >= 0.3 is 0 Å². The number of hydrogen-bond acceptors (Lipinski definition) is 3. The van der Waals surface area contributed by atoms with Crippen molar-refractivity contribution in [3.05, 3.63) is 29.8 Å². The zero-order valence-corrected chi connectivity index (χ0v) is 13.3. The Bertz CT molecular complexity index is 512. The second-order valence-corrected chi connectivity index (χ2v) is 6.10. The molecule has 1 aromatic rings. The number of nitrogens with one attached hydrogen (secondary N) is 1. The van der Waals surface area contributed by atoms with Crippen LogP contribution in [0.25, 0.3) is 0 Å². The maximum Gasteiger partial charge on any atom is 0.225 e. The van der Waals surface area contributed by atoms with Crippen LogP contribution in [0.3, 0.4) is 0 Å². The molecule has 21 heavy (non-hydrogen) atoms. The molecular formula is C16H23N3OS. The molecule has 0 aliphatic heterocycles. The van der Waals surface area contributed by atoms with E-state index in [1.54, 1.807) is 6.07 Å². The molecule has 0 unspecified atom stereocenters. The summed E-state index contributed by atoms with van der Waals surface area (Å²) >= 11 is 4.94. The van der Waals surface area contributed by atoms with Gasteiger partial charge in [-0.15, -0.1) is 0 Å². The Labute approximate surface area is 131 Å². The van der Waals surface area contributed by atoms with Crippen molar-refractivity contribution >= 4 is 28.8 Å². The van der Waals surface area contributed by atoms with E-state index in [0.717, 1.165) is 17.8 Å². The molecule has 2 rings (SSSR count). The van der Waals surface area contributed by atoms with Crippen LogP contribution in [0, 0.1) is 0 Å². The van der Waals surface area contributed by atoms with Crippen LogP contribution in [0.1, 0.15) is 37.7 Å². The lowest BCUT2D eigenvalue weighted by Crippen LogP contribution is -2.32. The lowest BCUT2D eigenvalue weighted by atomic mass is 10.2. The molecule has 0 bridgehead atoms. The molecule has 1 fully saturated rings. The molecule has 1 saturated carbocycles. The van der Waals surface area contributed by atoms with Gasteiger partial charge in [-0.1, -0.05) is 37.2 Å². The van der Waals surface area contributed by atoms with E-state index < -0.39 is 0 Å². The van der Waals surface area contributed by atoms with Crippen LogP contribution >= 0.6 is 12.2 Å². The minimum absolute atomic E-state index is 0.0277. The molecule has 5 heteroatoms. The summed E-state index contributed by atoms with van der Waals surface area (Å²) in [5.74, 6) is 0.0277. The predicted octanol–water partition coefficient (Wildman–Crippen LogP) is 2.52. The van der Waals surface area contributed by atoms with Gasteiger partial charge in [-0.05, 0) is 32.0 Å². The summed E-state index contributed by atoms with van der Waals surface area (Å²) in [7, 11) is 2.11. The number of amides is 1. The summed E-state index contributed by atoms with van der Waals surface area (Å²) in [6, 6.07) is 7.98. The number of rotatable bonds is 6. The van der Waals surface area contributed by atoms with E-state index in [1.165, 1.54) is 25.7 Å². The number of nitrogens with zero attached hydrogens (tertiary/aromatic N) is 1. The Hall–Kier alpha value is -1.46. The summed E-state index contributed by atoms with van der Waals surface area (Å²) < 4.78 is 0. The fraction of sp³-hybridized carbons (Fsp3) is 0.500. The van der Waals surface area contributed by atoms with Crippen molar-refractivity contribution in [1.29, 1.82) is 0 Å². The van der Waals surface area contributed by atoms with E-state index in [1.807, 2.05) is 18.2 Å². The summed E-state index contributed by atoms with van der Waals surface area (Å²) in [5, 5.41) is 2.90. The molecule has 1 amide bonds. The monoisotopic (exact) mass is 305 g/mol. The van der Waals surface area contributed by atoms with Gasteiger partial charge in [0, 0.05) is 30.3 Å². The van der Waals surface area contributed by atoms with Crippen LogP contribution in [0.2, 0.25) is 0 Å². The Kier molecular flexibility index (Phi) is 5.70. The topological polar surface area (TPSA) is 58.4 Å². The Morgan fingerprint density at radius 2 is 2.14 bits per heavy atom. The molecule has 1 aromatic carbocycles. The molecule has 0 heterocycles. The van der Waals surface area contributed by atoms with Gasteiger partial charge in [-0.2, -0.15) is 0 Å². The van der Waals surface area contributed by atoms with Crippen molar-refractivity contribution in [3.8, 4) is 0 Å². The predicted molar refractivity (Wildman–Crippen MR) is 90.5 cm³/mol. The van der Waals surface area contributed by atoms with Crippen molar-refractivity contribution in [2.45, 2.75) is 38.1 Å². The summed E-state index contributed by atoms with van der Waals surface area (Å²) in [6.07, 6.45) is 5.65. The average Bonchev–Trinajstić information content (AvgIpc) is 2.99. The number of benzene rings is 1. The third kappa shape index (κ3) is 4.79. The van der Waals surface area contributed by atoms with Crippen LogP contribution in [0.4, 0.5) is 5.69 Å². The lowest BCUT2D eigenvalue weighted by molar-refractivity contribution is -0.116. The standard InChI is InChI=1S/C16H23N3OS/c1-19(14-7-2-3-8-14)10-9-15(20)18-13-6-4-5-12(11-13)16(17)21/h4-6,11,14H,2-3,7-10H2,1H3,(H2,17,21)(H,18,20). The van der Waals surface area contributed by atoms with Crippen LogP contribution in [0.15, 0.2) is 24.3 Å². The first-order chi connectivity index (χ1) is 10.1. The Morgan fingerprint density at radius 3 is 2.81 bits per heavy atom. The van der Waals surface area contributed by atoms with Crippen molar-refractivity contribution in [3.63, 3.8) is 0 Å². The van der Waals surface area contributed by atoms with E-state index in [4.69, 9.17) is 18.0 Å². The number of carbonyl (C=O) groups excluding carboxylic acids is 1. The van der Waals surface area contributed by atoms with Gasteiger partial charge in [0.05, 0.1) is 0 Å². The largest absolute Gasteiger partial charge is 0.389 e. The van der Waals surface area contributed by atoms with Gasteiger partial charge < -0.3 is 16.0 Å². The van der Waals surface area contributed by atoms with Gasteiger partial charge in [0.15, 0.2) is 0 Å². The van der Waals surface area contributed by atoms with Crippen molar-refractivity contribution in [2.75, 3.05) is 18.9 Å². The van der Waals surface area contributed by atoms with E-state index in [9.17, 15) is 4.79 Å². The number of thiocarbonyl (C=S) groups is 1.